The van der Waals surface area contributed by atoms with Crippen molar-refractivity contribution in [2.24, 2.45) is 0 Å². The van der Waals surface area contributed by atoms with Crippen LogP contribution in [-0.4, -0.2) is 34.9 Å². The predicted molar refractivity (Wildman–Crippen MR) is 313 cm³/mol. The van der Waals surface area contributed by atoms with Crippen LogP contribution in [0.3, 0.4) is 0 Å². The molecular weight excluding hydrogens is 855 g/mol. The molecule has 70 heavy (non-hydrogen) atoms. The molecule has 0 fully saturated rings. The van der Waals surface area contributed by atoms with Gasteiger partial charge in [0, 0.05) is 6.42 Å². The summed E-state index contributed by atoms with van der Waals surface area (Å²) in [5, 5.41) is 23.4. The van der Waals surface area contributed by atoms with E-state index in [-0.39, 0.29) is 12.5 Å². The minimum absolute atomic E-state index is 0.0198. The standard InChI is InChI=1S/C66H133NO3/c1-3-5-7-9-11-13-15-17-19-21-23-25-27-29-30-31-32-33-34-35-36-38-40-42-44-46-48-50-52-54-56-58-60-62-66(70)67-64(63-68)65(69)61-59-57-55-53-51-49-47-45-43-41-39-37-28-26-24-22-20-18-16-14-12-10-8-6-4-2/h64-65,68-69H,3-63H2,1-2H3,(H,67,70). The molecule has 1 amide bonds. The van der Waals surface area contributed by atoms with Crippen molar-refractivity contribution in [3.8, 4) is 0 Å². The van der Waals surface area contributed by atoms with Gasteiger partial charge in [0.1, 0.15) is 0 Å². The Morgan fingerprint density at radius 2 is 0.457 bits per heavy atom. The monoisotopic (exact) mass is 988 g/mol. The summed E-state index contributed by atoms with van der Waals surface area (Å²) in [6.07, 6.45) is 81.5. The molecule has 0 radical (unpaired) electrons. The van der Waals surface area contributed by atoms with Crippen LogP contribution in [0.4, 0.5) is 0 Å². The van der Waals surface area contributed by atoms with Crippen molar-refractivity contribution in [3.63, 3.8) is 0 Å². The minimum Gasteiger partial charge on any atom is -0.394 e. The van der Waals surface area contributed by atoms with Crippen molar-refractivity contribution in [2.45, 2.75) is 411 Å². The van der Waals surface area contributed by atoms with Gasteiger partial charge in [-0.3, -0.25) is 4.79 Å². The van der Waals surface area contributed by atoms with E-state index in [1.807, 2.05) is 0 Å². The van der Waals surface area contributed by atoms with E-state index in [9.17, 15) is 15.0 Å². The second kappa shape index (κ2) is 62.7. The Morgan fingerprint density at radius 1 is 0.286 bits per heavy atom. The number of nitrogens with one attached hydrogen (secondary N) is 1. The number of hydrogen-bond donors (Lipinski definition) is 3. The maximum atomic E-state index is 12.5. The lowest BCUT2D eigenvalue weighted by atomic mass is 10.0. The Balaban J connectivity index is 3.36. The molecule has 0 heterocycles. The predicted octanol–water partition coefficient (Wildman–Crippen LogP) is 22.3. The number of carbonyl (C=O) groups excluding carboxylic acids is 1. The molecule has 0 aromatic rings. The van der Waals surface area contributed by atoms with Gasteiger partial charge in [-0.15, -0.1) is 0 Å². The minimum atomic E-state index is -0.656. The molecule has 0 aromatic heterocycles. The average Bonchev–Trinajstić information content (AvgIpc) is 3.36. The number of carbonyl (C=O) groups is 1. The first kappa shape index (κ1) is 69.4. The first-order chi connectivity index (χ1) is 34.7. The van der Waals surface area contributed by atoms with Gasteiger partial charge < -0.3 is 15.5 Å². The van der Waals surface area contributed by atoms with E-state index in [4.69, 9.17) is 0 Å². The Hall–Kier alpha value is -0.610. The molecule has 0 rings (SSSR count). The third-order valence-corrected chi connectivity index (χ3v) is 16.1. The third kappa shape index (κ3) is 58.3. The van der Waals surface area contributed by atoms with Gasteiger partial charge in [0.05, 0.1) is 18.8 Å². The average molecular weight is 989 g/mol. The molecule has 0 aliphatic carbocycles. The summed E-state index contributed by atoms with van der Waals surface area (Å²) in [5.41, 5.74) is 0. The summed E-state index contributed by atoms with van der Waals surface area (Å²) < 4.78 is 0. The zero-order chi connectivity index (χ0) is 50.6. The van der Waals surface area contributed by atoms with Crippen molar-refractivity contribution in [2.75, 3.05) is 6.61 Å². The van der Waals surface area contributed by atoms with Crippen LogP contribution >= 0.6 is 0 Å². The fourth-order valence-corrected chi connectivity index (χ4v) is 11.1. The molecular formula is C66H133NO3. The second-order valence-corrected chi connectivity index (χ2v) is 23.3. The van der Waals surface area contributed by atoms with E-state index in [2.05, 4.69) is 19.2 Å². The molecule has 0 spiro atoms. The summed E-state index contributed by atoms with van der Waals surface area (Å²) >= 11 is 0. The van der Waals surface area contributed by atoms with Crippen LogP contribution in [0, 0.1) is 0 Å². The number of aliphatic hydroxyl groups excluding tert-OH is 2. The van der Waals surface area contributed by atoms with Gasteiger partial charge in [0.25, 0.3) is 0 Å². The number of hydrogen-bond acceptors (Lipinski definition) is 3. The largest absolute Gasteiger partial charge is 0.394 e. The highest BCUT2D eigenvalue weighted by Gasteiger charge is 2.20. The smallest absolute Gasteiger partial charge is 0.220 e. The number of rotatable bonds is 63. The van der Waals surface area contributed by atoms with Crippen LogP contribution in [0.1, 0.15) is 399 Å². The van der Waals surface area contributed by atoms with Crippen LogP contribution in [0.5, 0.6) is 0 Å². The maximum Gasteiger partial charge on any atom is 0.220 e. The summed E-state index contributed by atoms with van der Waals surface area (Å²) in [5.74, 6) is -0.0198. The summed E-state index contributed by atoms with van der Waals surface area (Å²) in [6.45, 7) is 4.42. The SMILES string of the molecule is CCCCCCCCCCCCCCCCCCCCCCCCCCCCCCCCCCCC(=O)NC(CO)C(O)CCCCCCCCCCCCCCCCCCCCCCCCCCC. The molecule has 0 saturated heterocycles. The molecule has 420 valence electrons. The Kier molecular flexibility index (Phi) is 62.1. The molecule has 0 aromatic carbocycles. The normalized spacial score (nSPS) is 12.6. The van der Waals surface area contributed by atoms with Crippen molar-refractivity contribution in [1.29, 1.82) is 0 Å². The van der Waals surface area contributed by atoms with Crippen molar-refractivity contribution < 1.29 is 15.0 Å². The fraction of sp³-hybridized carbons (Fsp3) is 0.985. The molecule has 3 N–H and O–H groups in total. The maximum absolute atomic E-state index is 12.5. The molecule has 0 aliphatic heterocycles. The molecule has 4 heteroatoms. The van der Waals surface area contributed by atoms with E-state index in [0.717, 1.165) is 25.7 Å². The zero-order valence-electron chi connectivity index (χ0n) is 48.6. The van der Waals surface area contributed by atoms with E-state index in [1.54, 1.807) is 0 Å². The highest BCUT2D eigenvalue weighted by Crippen LogP contribution is 2.20. The van der Waals surface area contributed by atoms with Crippen LogP contribution < -0.4 is 5.32 Å². The van der Waals surface area contributed by atoms with Gasteiger partial charge in [-0.25, -0.2) is 0 Å². The summed E-state index contributed by atoms with van der Waals surface area (Å²) in [4.78, 5) is 12.5. The lowest BCUT2D eigenvalue weighted by Gasteiger charge is -2.22. The summed E-state index contributed by atoms with van der Waals surface area (Å²) in [6, 6.07) is -0.532. The summed E-state index contributed by atoms with van der Waals surface area (Å²) in [7, 11) is 0. The van der Waals surface area contributed by atoms with E-state index >= 15 is 0 Å². The molecule has 4 nitrogen and oxygen atoms in total. The first-order valence-electron chi connectivity index (χ1n) is 33.2. The van der Waals surface area contributed by atoms with Crippen molar-refractivity contribution in [1.82, 2.24) is 5.32 Å². The topological polar surface area (TPSA) is 69.6 Å². The van der Waals surface area contributed by atoms with Crippen molar-refractivity contribution >= 4 is 5.91 Å². The second-order valence-electron chi connectivity index (χ2n) is 23.3. The van der Waals surface area contributed by atoms with Crippen LogP contribution in [0.25, 0.3) is 0 Å². The zero-order valence-corrected chi connectivity index (χ0v) is 48.6. The van der Waals surface area contributed by atoms with Gasteiger partial charge in [-0.05, 0) is 12.8 Å². The molecule has 2 atom stereocenters. The van der Waals surface area contributed by atoms with Gasteiger partial charge in [-0.1, -0.05) is 380 Å². The van der Waals surface area contributed by atoms with Gasteiger partial charge in [0.2, 0.25) is 5.91 Å². The first-order valence-corrected chi connectivity index (χ1v) is 33.2. The molecule has 0 saturated carbocycles. The number of amides is 1. The van der Waals surface area contributed by atoms with Crippen LogP contribution in [0.15, 0.2) is 0 Å². The molecule has 0 bridgehead atoms. The van der Waals surface area contributed by atoms with Crippen molar-refractivity contribution in [3.05, 3.63) is 0 Å². The lowest BCUT2D eigenvalue weighted by molar-refractivity contribution is -0.123. The Bertz CT molecular complexity index is 940. The molecule has 0 aliphatic rings. The highest BCUT2D eigenvalue weighted by atomic mass is 16.3. The Morgan fingerprint density at radius 3 is 0.643 bits per heavy atom. The number of unbranched alkanes of at least 4 members (excludes halogenated alkanes) is 56. The van der Waals surface area contributed by atoms with E-state index < -0.39 is 12.1 Å². The van der Waals surface area contributed by atoms with Gasteiger partial charge in [0.15, 0.2) is 0 Å². The molecule has 2 unspecified atom stereocenters. The lowest BCUT2D eigenvalue weighted by Crippen LogP contribution is -2.45. The quantitative estimate of drug-likeness (QED) is 0.0532. The van der Waals surface area contributed by atoms with Crippen LogP contribution in [-0.2, 0) is 4.79 Å². The van der Waals surface area contributed by atoms with E-state index in [0.29, 0.717) is 12.8 Å². The number of aliphatic hydroxyl groups is 2. The third-order valence-electron chi connectivity index (χ3n) is 16.1. The van der Waals surface area contributed by atoms with Gasteiger partial charge in [-0.2, -0.15) is 0 Å². The highest BCUT2D eigenvalue weighted by molar-refractivity contribution is 5.76. The Labute approximate surface area is 442 Å². The van der Waals surface area contributed by atoms with E-state index in [1.165, 1.54) is 347 Å². The van der Waals surface area contributed by atoms with Gasteiger partial charge >= 0.3 is 0 Å². The van der Waals surface area contributed by atoms with Crippen LogP contribution in [0.2, 0.25) is 0 Å². The fourth-order valence-electron chi connectivity index (χ4n) is 11.1.